The number of rotatable bonds is 7. The van der Waals surface area contributed by atoms with Gasteiger partial charge in [-0.15, -0.1) is 37.2 Å². The fourth-order valence-electron chi connectivity index (χ4n) is 3.26. The Balaban J connectivity index is 0.00000300. The van der Waals surface area contributed by atoms with Crippen molar-refractivity contribution in [2.75, 3.05) is 37.4 Å². The van der Waals surface area contributed by atoms with Crippen LogP contribution in [0.1, 0.15) is 17.5 Å². The Kier molecular flexibility index (Phi) is 13.2. The molecular formula is C21H30Cl3N5O2. The lowest BCUT2D eigenvalue weighted by molar-refractivity contribution is -0.124. The van der Waals surface area contributed by atoms with Gasteiger partial charge in [0.2, 0.25) is 0 Å². The Morgan fingerprint density at radius 2 is 1.90 bits per heavy atom. The monoisotopic (exact) mass is 489 g/mol. The Morgan fingerprint density at radius 3 is 2.48 bits per heavy atom. The van der Waals surface area contributed by atoms with Gasteiger partial charge in [0.05, 0.1) is 0 Å². The largest absolute Gasteiger partial charge is 0.378 e. The van der Waals surface area contributed by atoms with E-state index in [0.29, 0.717) is 6.04 Å². The number of halogens is 3. The fraction of sp³-hybridized carbons (Fsp3) is 0.333. The van der Waals surface area contributed by atoms with Crippen LogP contribution in [-0.4, -0.2) is 54.2 Å². The van der Waals surface area contributed by atoms with E-state index >= 15 is 0 Å². The molecule has 0 bridgehead atoms. The van der Waals surface area contributed by atoms with Crippen LogP contribution in [-0.2, 0) is 11.3 Å². The summed E-state index contributed by atoms with van der Waals surface area (Å²) in [6.07, 6.45) is 5.63. The predicted octanol–water partition coefficient (Wildman–Crippen LogP) is 3.62. The number of carbonyl (C=O) groups excluding carboxylic acids is 1. The highest BCUT2D eigenvalue weighted by Gasteiger charge is 2.22. The number of carbonyl (C=O) groups is 1. The van der Waals surface area contributed by atoms with Gasteiger partial charge in [0.25, 0.3) is 5.91 Å². The summed E-state index contributed by atoms with van der Waals surface area (Å²) in [6.45, 7) is 3.00. The molecule has 1 amide bonds. The van der Waals surface area contributed by atoms with E-state index in [9.17, 15) is 4.79 Å². The molecule has 0 radical (unpaired) electrons. The third-order valence-electron chi connectivity index (χ3n) is 4.81. The lowest BCUT2D eigenvalue weighted by Gasteiger charge is -2.18. The zero-order valence-corrected chi connectivity index (χ0v) is 20.0. The number of anilines is 2. The van der Waals surface area contributed by atoms with Crippen LogP contribution >= 0.6 is 37.2 Å². The first-order valence-electron chi connectivity index (χ1n) is 9.37. The molecule has 7 nitrogen and oxygen atoms in total. The van der Waals surface area contributed by atoms with E-state index in [1.807, 2.05) is 12.1 Å². The van der Waals surface area contributed by atoms with Crippen molar-refractivity contribution in [2.24, 2.45) is 0 Å². The first kappa shape index (κ1) is 29.0. The molecule has 2 heterocycles. The first-order chi connectivity index (χ1) is 13.5. The van der Waals surface area contributed by atoms with Crippen molar-refractivity contribution < 1.29 is 10.0 Å². The number of hydrogen-bond donors (Lipinski definition) is 3. The summed E-state index contributed by atoms with van der Waals surface area (Å²) in [4.78, 5) is 20.0. The van der Waals surface area contributed by atoms with Crippen LogP contribution in [0.5, 0.6) is 0 Å². The Morgan fingerprint density at radius 1 is 1.19 bits per heavy atom. The molecule has 10 heteroatoms. The number of hydroxylamine groups is 1. The van der Waals surface area contributed by atoms with Gasteiger partial charge in [-0.25, -0.2) is 10.5 Å². The van der Waals surface area contributed by atoms with Crippen LogP contribution in [0.15, 0.2) is 48.7 Å². The van der Waals surface area contributed by atoms with Crippen LogP contribution in [0.3, 0.4) is 0 Å². The second-order valence-electron chi connectivity index (χ2n) is 7.21. The van der Waals surface area contributed by atoms with Crippen molar-refractivity contribution in [3.63, 3.8) is 0 Å². The summed E-state index contributed by atoms with van der Waals surface area (Å²) < 4.78 is 0. The number of nitrogens with one attached hydrogen (secondary N) is 2. The van der Waals surface area contributed by atoms with Crippen molar-refractivity contribution in [1.29, 1.82) is 0 Å². The predicted molar refractivity (Wildman–Crippen MR) is 133 cm³/mol. The maximum Gasteiger partial charge on any atom is 0.267 e. The molecule has 0 spiro atoms. The van der Waals surface area contributed by atoms with Crippen LogP contribution in [0.25, 0.3) is 6.08 Å². The Labute approximate surface area is 202 Å². The standard InChI is InChI=1S/C21H27N5O2.3ClH/c1-25(2)19-7-3-17(4-8-19)14-26-12-11-18(15-26)23-20-9-5-16(13-22-20)6-10-21(27)24-28;;;/h3-10,13,18,28H,11-12,14-15H2,1-2H3,(H,22,23)(H,24,27);3*1H/t18-;;;/m1.../s1. The number of pyridine rings is 1. The molecule has 172 valence electrons. The molecule has 1 aliphatic heterocycles. The minimum atomic E-state index is -0.565. The number of likely N-dealkylation sites (tertiary alicyclic amines) is 1. The first-order valence-corrected chi connectivity index (χ1v) is 9.37. The maximum atomic E-state index is 11.0. The van der Waals surface area contributed by atoms with E-state index in [2.05, 4.69) is 58.5 Å². The lowest BCUT2D eigenvalue weighted by atomic mass is 10.2. The highest BCUT2D eigenvalue weighted by atomic mass is 35.5. The minimum Gasteiger partial charge on any atom is -0.378 e. The summed E-state index contributed by atoms with van der Waals surface area (Å²) in [5, 5.41) is 12.0. The molecular weight excluding hydrogens is 461 g/mol. The summed E-state index contributed by atoms with van der Waals surface area (Å²) >= 11 is 0. The molecule has 0 unspecified atom stereocenters. The van der Waals surface area contributed by atoms with Crippen LogP contribution in [0.2, 0.25) is 0 Å². The van der Waals surface area contributed by atoms with Gasteiger partial charge < -0.3 is 10.2 Å². The van der Waals surface area contributed by atoms with Gasteiger partial charge in [-0.3, -0.25) is 14.9 Å². The topological polar surface area (TPSA) is 80.7 Å². The highest BCUT2D eigenvalue weighted by Crippen LogP contribution is 2.19. The fourth-order valence-corrected chi connectivity index (χ4v) is 3.26. The number of nitrogens with zero attached hydrogens (tertiary/aromatic N) is 3. The average molecular weight is 491 g/mol. The number of benzene rings is 1. The lowest BCUT2D eigenvalue weighted by Crippen LogP contribution is -2.26. The molecule has 3 rings (SSSR count). The molecule has 1 aromatic heterocycles. The highest BCUT2D eigenvalue weighted by molar-refractivity contribution is 5.90. The van der Waals surface area contributed by atoms with Gasteiger partial charge in [-0.05, 0) is 47.9 Å². The molecule has 1 fully saturated rings. The van der Waals surface area contributed by atoms with E-state index in [1.54, 1.807) is 17.8 Å². The van der Waals surface area contributed by atoms with Gasteiger partial charge in [-0.1, -0.05) is 12.1 Å². The van der Waals surface area contributed by atoms with Crippen molar-refractivity contribution in [3.8, 4) is 0 Å². The summed E-state index contributed by atoms with van der Waals surface area (Å²) in [5.74, 6) is 0.260. The SMILES string of the molecule is CN(C)c1ccc(CN2CC[C@@H](Nc3ccc(C=CC(=O)NO)cn3)C2)cc1.Cl.Cl.Cl. The Hall–Kier alpha value is -2.03. The molecule has 1 aliphatic rings. The van der Waals surface area contributed by atoms with Gasteiger partial charge in [0, 0.05) is 57.7 Å². The zero-order chi connectivity index (χ0) is 19.9. The van der Waals surface area contributed by atoms with Crippen LogP contribution in [0, 0.1) is 0 Å². The van der Waals surface area contributed by atoms with E-state index in [-0.39, 0.29) is 37.2 Å². The zero-order valence-electron chi connectivity index (χ0n) is 17.5. The van der Waals surface area contributed by atoms with Crippen molar-refractivity contribution >= 4 is 60.7 Å². The second kappa shape index (κ2) is 14.1. The smallest absolute Gasteiger partial charge is 0.267 e. The molecule has 2 aromatic rings. The van der Waals surface area contributed by atoms with Crippen molar-refractivity contribution in [2.45, 2.75) is 19.0 Å². The number of aromatic nitrogens is 1. The third-order valence-corrected chi connectivity index (χ3v) is 4.81. The van der Waals surface area contributed by atoms with Gasteiger partial charge in [0.1, 0.15) is 5.82 Å². The van der Waals surface area contributed by atoms with Gasteiger partial charge >= 0.3 is 0 Å². The summed E-state index contributed by atoms with van der Waals surface area (Å²) in [6, 6.07) is 12.9. The van der Waals surface area contributed by atoms with Crippen molar-refractivity contribution in [1.82, 2.24) is 15.4 Å². The average Bonchev–Trinajstić information content (AvgIpc) is 3.14. The van der Waals surface area contributed by atoms with E-state index < -0.39 is 5.91 Å². The molecule has 1 atom stereocenters. The molecule has 1 aromatic carbocycles. The summed E-state index contributed by atoms with van der Waals surface area (Å²) in [7, 11) is 4.10. The quantitative estimate of drug-likeness (QED) is 0.312. The number of amides is 1. The number of hydrogen-bond acceptors (Lipinski definition) is 6. The van der Waals surface area contributed by atoms with E-state index in [0.717, 1.165) is 37.4 Å². The minimum absolute atomic E-state index is 0. The van der Waals surface area contributed by atoms with E-state index in [4.69, 9.17) is 5.21 Å². The molecule has 0 saturated carbocycles. The van der Waals surface area contributed by atoms with Gasteiger partial charge in [0.15, 0.2) is 0 Å². The van der Waals surface area contributed by atoms with Crippen LogP contribution < -0.4 is 15.7 Å². The molecule has 3 N–H and O–H groups in total. The Bertz CT molecular complexity index is 817. The molecule has 0 aliphatic carbocycles. The molecule has 1 saturated heterocycles. The van der Waals surface area contributed by atoms with Crippen molar-refractivity contribution in [3.05, 3.63) is 59.8 Å². The normalized spacial score (nSPS) is 15.4. The maximum absolute atomic E-state index is 11.0. The van der Waals surface area contributed by atoms with Crippen LogP contribution in [0.4, 0.5) is 11.5 Å². The second-order valence-corrected chi connectivity index (χ2v) is 7.21. The van der Waals surface area contributed by atoms with E-state index in [1.165, 1.54) is 17.3 Å². The molecule has 31 heavy (non-hydrogen) atoms. The summed E-state index contributed by atoms with van der Waals surface area (Å²) in [5.41, 5.74) is 4.89. The van der Waals surface area contributed by atoms with Gasteiger partial charge in [-0.2, -0.15) is 0 Å². The third kappa shape index (κ3) is 8.93.